The molecule has 0 aliphatic carbocycles. The van der Waals surface area contributed by atoms with Gasteiger partial charge in [0.15, 0.2) is 5.78 Å². The second-order valence-electron chi connectivity index (χ2n) is 6.99. The second-order valence-corrected chi connectivity index (χ2v) is 6.99. The fourth-order valence-corrected chi connectivity index (χ4v) is 3.20. The Labute approximate surface area is 158 Å². The molecule has 27 heavy (non-hydrogen) atoms. The molecule has 1 aromatic carbocycles. The minimum absolute atomic E-state index is 0.0345. The molecule has 0 bridgehead atoms. The largest absolute Gasteiger partial charge is 0.337 e. The van der Waals surface area contributed by atoms with Crippen molar-refractivity contribution < 1.29 is 14.4 Å². The van der Waals surface area contributed by atoms with Crippen molar-refractivity contribution in [1.82, 2.24) is 9.88 Å². The maximum atomic E-state index is 12.7. The molecule has 0 radical (unpaired) electrons. The van der Waals surface area contributed by atoms with E-state index in [2.05, 4.69) is 17.2 Å². The van der Waals surface area contributed by atoms with Crippen LogP contribution in [0.4, 0.5) is 5.69 Å². The minimum atomic E-state index is -0.396. The van der Waals surface area contributed by atoms with Crippen LogP contribution < -0.4 is 5.32 Å². The molecule has 1 unspecified atom stereocenters. The van der Waals surface area contributed by atoms with Gasteiger partial charge in [-0.1, -0.05) is 13.0 Å². The maximum Gasteiger partial charge on any atom is 0.274 e. The number of aromatic nitrogens is 1. The van der Waals surface area contributed by atoms with Crippen LogP contribution in [-0.4, -0.2) is 40.6 Å². The van der Waals surface area contributed by atoms with E-state index >= 15 is 0 Å². The van der Waals surface area contributed by atoms with E-state index in [9.17, 15) is 14.4 Å². The van der Waals surface area contributed by atoms with Crippen LogP contribution >= 0.6 is 0 Å². The lowest BCUT2D eigenvalue weighted by molar-refractivity contribution is 0.0677. The molecule has 2 amide bonds. The summed E-state index contributed by atoms with van der Waals surface area (Å²) in [5.41, 5.74) is 1.60. The number of rotatable bonds is 4. The molecular formula is C21H23N3O3. The number of hydrogen-bond donors (Lipinski definition) is 1. The topological polar surface area (TPSA) is 79.4 Å². The average Bonchev–Trinajstić information content (AvgIpc) is 2.68. The van der Waals surface area contributed by atoms with Crippen LogP contribution in [0.5, 0.6) is 0 Å². The van der Waals surface area contributed by atoms with Gasteiger partial charge in [-0.2, -0.15) is 0 Å². The number of carbonyl (C=O) groups excluding carboxylic acids is 3. The van der Waals surface area contributed by atoms with E-state index in [4.69, 9.17) is 0 Å². The quantitative estimate of drug-likeness (QED) is 0.842. The number of carbonyl (C=O) groups is 3. The van der Waals surface area contributed by atoms with Crippen LogP contribution in [0, 0.1) is 5.92 Å². The lowest BCUT2D eigenvalue weighted by Crippen LogP contribution is -2.39. The van der Waals surface area contributed by atoms with Gasteiger partial charge in [0.2, 0.25) is 0 Å². The molecule has 6 nitrogen and oxygen atoms in total. The molecular weight excluding hydrogens is 342 g/mol. The summed E-state index contributed by atoms with van der Waals surface area (Å²) in [6.45, 7) is 5.07. The van der Waals surface area contributed by atoms with E-state index in [1.807, 2.05) is 0 Å². The number of likely N-dealkylation sites (tertiary alicyclic amines) is 1. The summed E-state index contributed by atoms with van der Waals surface area (Å²) in [6.07, 6.45) is 2.12. The van der Waals surface area contributed by atoms with Gasteiger partial charge in [0.05, 0.1) is 0 Å². The van der Waals surface area contributed by atoms with Gasteiger partial charge in [-0.3, -0.25) is 14.4 Å². The Morgan fingerprint density at radius 1 is 1.07 bits per heavy atom. The maximum absolute atomic E-state index is 12.7. The molecule has 1 N–H and O–H groups in total. The Morgan fingerprint density at radius 2 is 1.78 bits per heavy atom. The van der Waals surface area contributed by atoms with Crippen molar-refractivity contribution in [2.75, 3.05) is 18.4 Å². The molecule has 1 saturated heterocycles. The number of anilines is 1. The zero-order chi connectivity index (χ0) is 19.4. The number of benzene rings is 1. The Morgan fingerprint density at radius 3 is 2.44 bits per heavy atom. The number of Topliss-reactive ketones (excluding diaryl/α,β-unsaturated/α-hetero) is 1. The fourth-order valence-electron chi connectivity index (χ4n) is 3.20. The summed E-state index contributed by atoms with van der Waals surface area (Å²) in [5, 5.41) is 2.74. The van der Waals surface area contributed by atoms with Crippen LogP contribution in [0.3, 0.4) is 0 Å². The first kappa shape index (κ1) is 18.8. The van der Waals surface area contributed by atoms with Gasteiger partial charge in [0, 0.05) is 24.3 Å². The summed E-state index contributed by atoms with van der Waals surface area (Å²) >= 11 is 0. The van der Waals surface area contributed by atoms with E-state index in [0.29, 0.717) is 17.2 Å². The van der Waals surface area contributed by atoms with Gasteiger partial charge in [0.1, 0.15) is 11.4 Å². The van der Waals surface area contributed by atoms with E-state index in [1.54, 1.807) is 47.4 Å². The number of amides is 2. The van der Waals surface area contributed by atoms with E-state index in [0.717, 1.165) is 25.9 Å². The van der Waals surface area contributed by atoms with Crippen LogP contribution in [-0.2, 0) is 0 Å². The predicted octanol–water partition coefficient (Wildman–Crippen LogP) is 3.41. The Kier molecular flexibility index (Phi) is 5.64. The van der Waals surface area contributed by atoms with E-state index < -0.39 is 5.91 Å². The first-order valence-corrected chi connectivity index (χ1v) is 9.12. The van der Waals surface area contributed by atoms with E-state index in [1.165, 1.54) is 6.92 Å². The highest BCUT2D eigenvalue weighted by Crippen LogP contribution is 2.18. The molecule has 1 fully saturated rings. The van der Waals surface area contributed by atoms with Crippen LogP contribution in [0.2, 0.25) is 0 Å². The lowest BCUT2D eigenvalue weighted by atomic mass is 10.00. The Bertz CT molecular complexity index is 861. The van der Waals surface area contributed by atoms with Gasteiger partial charge in [0.25, 0.3) is 11.8 Å². The second kappa shape index (κ2) is 8.12. The SMILES string of the molecule is CC(=O)c1ccc(NC(=O)c2cccc(C(=O)N3CCCC(C)C3)n2)cc1. The zero-order valence-electron chi connectivity index (χ0n) is 15.6. The van der Waals surface area contributed by atoms with Crippen molar-refractivity contribution >= 4 is 23.3 Å². The molecule has 6 heteroatoms. The minimum Gasteiger partial charge on any atom is -0.337 e. The van der Waals surface area contributed by atoms with Crippen LogP contribution in [0.1, 0.15) is 58.0 Å². The van der Waals surface area contributed by atoms with Crippen molar-refractivity contribution in [3.63, 3.8) is 0 Å². The third-order valence-corrected chi connectivity index (χ3v) is 4.69. The average molecular weight is 365 g/mol. The third-order valence-electron chi connectivity index (χ3n) is 4.69. The number of nitrogens with zero attached hydrogens (tertiary/aromatic N) is 2. The van der Waals surface area contributed by atoms with Crippen LogP contribution in [0.25, 0.3) is 0 Å². The molecule has 2 heterocycles. The number of nitrogens with one attached hydrogen (secondary N) is 1. The molecule has 1 aliphatic heterocycles. The smallest absolute Gasteiger partial charge is 0.274 e. The molecule has 3 rings (SSSR count). The molecule has 0 spiro atoms. The fraction of sp³-hybridized carbons (Fsp3) is 0.333. The summed E-state index contributed by atoms with van der Waals surface area (Å²) in [7, 11) is 0. The monoisotopic (exact) mass is 365 g/mol. The molecule has 1 atom stereocenters. The van der Waals surface area contributed by atoms with Crippen molar-refractivity contribution in [2.24, 2.45) is 5.92 Å². The summed E-state index contributed by atoms with van der Waals surface area (Å²) in [6, 6.07) is 11.5. The van der Waals surface area contributed by atoms with Crippen molar-refractivity contribution in [1.29, 1.82) is 0 Å². The molecule has 2 aromatic rings. The van der Waals surface area contributed by atoms with Gasteiger partial charge in [-0.05, 0) is 62.1 Å². The standard InChI is InChI=1S/C21H23N3O3/c1-14-5-4-12-24(13-14)21(27)19-7-3-6-18(23-19)20(26)22-17-10-8-16(9-11-17)15(2)25/h3,6-11,14H,4-5,12-13H2,1-2H3,(H,22,26). The highest BCUT2D eigenvalue weighted by molar-refractivity contribution is 6.04. The number of piperidine rings is 1. The molecule has 1 aliphatic rings. The Hall–Kier alpha value is -3.02. The normalized spacial score (nSPS) is 16.7. The van der Waals surface area contributed by atoms with Gasteiger partial charge in [-0.15, -0.1) is 0 Å². The van der Waals surface area contributed by atoms with Crippen LogP contribution in [0.15, 0.2) is 42.5 Å². The first-order chi connectivity index (χ1) is 12.9. The number of ketones is 1. The summed E-state index contributed by atoms with van der Waals surface area (Å²) in [4.78, 5) is 42.5. The summed E-state index contributed by atoms with van der Waals surface area (Å²) < 4.78 is 0. The van der Waals surface area contributed by atoms with Gasteiger partial charge >= 0.3 is 0 Å². The molecule has 1 aromatic heterocycles. The molecule has 140 valence electrons. The van der Waals surface area contributed by atoms with Gasteiger partial charge < -0.3 is 10.2 Å². The Balaban J connectivity index is 1.71. The van der Waals surface area contributed by atoms with Gasteiger partial charge in [-0.25, -0.2) is 4.98 Å². The first-order valence-electron chi connectivity index (χ1n) is 9.12. The predicted molar refractivity (Wildman–Crippen MR) is 103 cm³/mol. The van der Waals surface area contributed by atoms with Crippen molar-refractivity contribution in [3.05, 3.63) is 59.4 Å². The van der Waals surface area contributed by atoms with Crippen molar-refractivity contribution in [2.45, 2.75) is 26.7 Å². The summed E-state index contributed by atoms with van der Waals surface area (Å²) in [5.74, 6) is -0.0887. The third kappa shape index (κ3) is 4.58. The number of hydrogen-bond acceptors (Lipinski definition) is 4. The highest BCUT2D eigenvalue weighted by Gasteiger charge is 2.23. The zero-order valence-corrected chi connectivity index (χ0v) is 15.6. The molecule has 0 saturated carbocycles. The van der Waals surface area contributed by atoms with Crippen molar-refractivity contribution in [3.8, 4) is 0 Å². The lowest BCUT2D eigenvalue weighted by Gasteiger charge is -2.30. The highest BCUT2D eigenvalue weighted by atomic mass is 16.2. The number of pyridine rings is 1. The van der Waals surface area contributed by atoms with E-state index in [-0.39, 0.29) is 23.1 Å².